The van der Waals surface area contributed by atoms with Crippen LogP contribution in [0.15, 0.2) is 29.3 Å². The van der Waals surface area contributed by atoms with Crippen molar-refractivity contribution in [1.82, 2.24) is 24.6 Å². The molecule has 1 aliphatic heterocycles. The van der Waals surface area contributed by atoms with E-state index in [-0.39, 0.29) is 12.1 Å². The molecule has 1 N–H and O–H groups in total. The zero-order chi connectivity index (χ0) is 15.5. The molecule has 3 heterocycles. The average Bonchev–Trinajstić information content (AvgIpc) is 3.08. The molecule has 1 aliphatic rings. The zero-order valence-electron chi connectivity index (χ0n) is 12.9. The molecule has 22 heavy (non-hydrogen) atoms. The Kier molecular flexibility index (Phi) is 4.95. The summed E-state index contributed by atoms with van der Waals surface area (Å²) in [5.41, 5.74) is 0. The third kappa shape index (κ3) is 3.59. The van der Waals surface area contributed by atoms with E-state index in [1.807, 2.05) is 41.1 Å². The van der Waals surface area contributed by atoms with E-state index in [1.165, 1.54) is 0 Å². The van der Waals surface area contributed by atoms with Gasteiger partial charge in [0.1, 0.15) is 11.9 Å². The van der Waals surface area contributed by atoms with Crippen LogP contribution >= 0.6 is 15.9 Å². The summed E-state index contributed by atoms with van der Waals surface area (Å²) in [7, 11) is 2.02. The normalized spacial score (nSPS) is 23.6. The van der Waals surface area contributed by atoms with Crippen molar-refractivity contribution in [2.24, 2.45) is 7.05 Å². The van der Waals surface area contributed by atoms with E-state index in [1.54, 1.807) is 0 Å². The van der Waals surface area contributed by atoms with Crippen molar-refractivity contribution in [2.45, 2.75) is 44.5 Å². The van der Waals surface area contributed by atoms with Gasteiger partial charge in [0.25, 0.3) is 0 Å². The third-order valence-corrected chi connectivity index (χ3v) is 4.41. The Morgan fingerprint density at radius 3 is 3.09 bits per heavy atom. The van der Waals surface area contributed by atoms with Crippen LogP contribution in [0.2, 0.25) is 0 Å². The number of halogens is 1. The van der Waals surface area contributed by atoms with Crippen molar-refractivity contribution in [2.75, 3.05) is 6.61 Å². The van der Waals surface area contributed by atoms with Crippen LogP contribution in [0.5, 0.6) is 0 Å². The molecule has 2 aromatic rings. The van der Waals surface area contributed by atoms with Gasteiger partial charge in [0.2, 0.25) is 0 Å². The van der Waals surface area contributed by atoms with Gasteiger partial charge < -0.3 is 14.6 Å². The Bertz CT molecular complexity index is 611. The minimum atomic E-state index is 0.0144. The van der Waals surface area contributed by atoms with Crippen molar-refractivity contribution in [3.63, 3.8) is 0 Å². The second kappa shape index (κ2) is 6.93. The molecule has 3 rings (SSSR count). The Labute approximate surface area is 139 Å². The van der Waals surface area contributed by atoms with Crippen LogP contribution in [-0.2, 0) is 18.3 Å². The average molecular weight is 368 g/mol. The molecule has 0 aromatic carbocycles. The van der Waals surface area contributed by atoms with Crippen LogP contribution in [0.4, 0.5) is 0 Å². The molecule has 7 heteroatoms. The van der Waals surface area contributed by atoms with Crippen LogP contribution in [0.1, 0.15) is 31.7 Å². The number of aryl methyl sites for hydroxylation is 1. The van der Waals surface area contributed by atoms with Gasteiger partial charge in [0.05, 0.1) is 17.2 Å². The first-order valence-corrected chi connectivity index (χ1v) is 8.45. The smallest absolute Gasteiger partial charge is 0.139 e. The lowest BCUT2D eigenvalue weighted by atomic mass is 10.0. The summed E-state index contributed by atoms with van der Waals surface area (Å²) >= 11 is 3.43. The summed E-state index contributed by atoms with van der Waals surface area (Å²) in [6, 6.07) is 0.588. The highest BCUT2D eigenvalue weighted by Crippen LogP contribution is 2.27. The van der Waals surface area contributed by atoms with Crippen LogP contribution in [0.25, 0.3) is 0 Å². The number of nitrogens with zero attached hydrogens (tertiary/aromatic N) is 4. The van der Waals surface area contributed by atoms with Crippen LogP contribution < -0.4 is 5.32 Å². The predicted molar refractivity (Wildman–Crippen MR) is 87.4 cm³/mol. The van der Waals surface area contributed by atoms with Gasteiger partial charge in [-0.05, 0) is 35.7 Å². The summed E-state index contributed by atoms with van der Waals surface area (Å²) < 4.78 is 11.0. The molecule has 0 spiro atoms. The molecule has 0 bridgehead atoms. The number of hydrogen-bond donors (Lipinski definition) is 1. The maximum atomic E-state index is 6.00. The molecule has 2 aromatic heterocycles. The molecular weight excluding hydrogens is 346 g/mol. The third-order valence-electron chi connectivity index (χ3n) is 4.00. The molecule has 0 radical (unpaired) electrons. The summed E-state index contributed by atoms with van der Waals surface area (Å²) in [5.74, 6) is 0.992. The highest BCUT2D eigenvalue weighted by molar-refractivity contribution is 9.10. The Morgan fingerprint density at radius 2 is 2.41 bits per heavy atom. The topological polar surface area (TPSA) is 56.9 Å². The van der Waals surface area contributed by atoms with Crippen molar-refractivity contribution < 1.29 is 4.74 Å². The summed E-state index contributed by atoms with van der Waals surface area (Å²) in [4.78, 5) is 4.46. The summed E-state index contributed by atoms with van der Waals surface area (Å²) in [5, 5.41) is 8.00. The number of aromatic nitrogens is 4. The first-order chi connectivity index (χ1) is 10.6. The lowest BCUT2D eigenvalue weighted by Crippen LogP contribution is -2.46. The molecule has 0 saturated carbocycles. The highest BCUT2D eigenvalue weighted by Gasteiger charge is 2.31. The number of imidazole rings is 1. The predicted octanol–water partition coefficient (Wildman–Crippen LogP) is 2.28. The molecule has 0 unspecified atom stereocenters. The second-order valence-corrected chi connectivity index (χ2v) is 6.80. The van der Waals surface area contributed by atoms with E-state index in [0.29, 0.717) is 6.04 Å². The lowest BCUT2D eigenvalue weighted by Gasteiger charge is -2.34. The second-order valence-electron chi connectivity index (χ2n) is 5.88. The first kappa shape index (κ1) is 15.7. The number of rotatable bonds is 5. The van der Waals surface area contributed by atoms with Crippen LogP contribution in [0, 0.1) is 0 Å². The quantitative estimate of drug-likeness (QED) is 0.880. The molecule has 3 atom stereocenters. The van der Waals surface area contributed by atoms with E-state index < -0.39 is 0 Å². The highest BCUT2D eigenvalue weighted by atomic mass is 79.9. The SMILES string of the molecule is C[C@@H](Cn1cc(Br)cn1)N[C@H]1CCCO[C@@H]1c1nccn1C. The van der Waals surface area contributed by atoms with E-state index in [4.69, 9.17) is 4.74 Å². The van der Waals surface area contributed by atoms with E-state index >= 15 is 0 Å². The first-order valence-electron chi connectivity index (χ1n) is 7.66. The number of ether oxygens (including phenoxy) is 1. The minimum absolute atomic E-state index is 0.0144. The van der Waals surface area contributed by atoms with Gasteiger partial charge in [-0.25, -0.2) is 4.98 Å². The van der Waals surface area contributed by atoms with Gasteiger partial charge in [-0.1, -0.05) is 0 Å². The fourth-order valence-corrected chi connectivity index (χ4v) is 3.32. The summed E-state index contributed by atoms with van der Waals surface area (Å²) in [6.07, 6.45) is 9.80. The molecule has 6 nitrogen and oxygen atoms in total. The molecule has 1 saturated heterocycles. The standard InChI is InChI=1S/C15H22BrN5O/c1-11(9-21-10-12(16)8-18-21)19-13-4-3-7-22-14(13)15-17-5-6-20(15)2/h5-6,8,10-11,13-14,19H,3-4,7,9H2,1-2H3/t11-,13-,14-/m0/s1. The Hall–Kier alpha value is -1.18. The van der Waals surface area contributed by atoms with Gasteiger partial charge in [-0.15, -0.1) is 0 Å². The van der Waals surface area contributed by atoms with Crippen molar-refractivity contribution >= 4 is 15.9 Å². The largest absolute Gasteiger partial charge is 0.369 e. The lowest BCUT2D eigenvalue weighted by molar-refractivity contribution is -0.0204. The molecular formula is C15H22BrN5O. The summed E-state index contributed by atoms with van der Waals surface area (Å²) in [6.45, 7) is 3.81. The van der Waals surface area contributed by atoms with Crippen molar-refractivity contribution in [3.8, 4) is 0 Å². The van der Waals surface area contributed by atoms with Gasteiger partial charge in [-0.2, -0.15) is 5.10 Å². The number of nitrogens with one attached hydrogen (secondary N) is 1. The maximum absolute atomic E-state index is 6.00. The fraction of sp³-hybridized carbons (Fsp3) is 0.600. The van der Waals surface area contributed by atoms with E-state index in [2.05, 4.69) is 38.3 Å². The van der Waals surface area contributed by atoms with Gasteiger partial charge in [0, 0.05) is 44.3 Å². The van der Waals surface area contributed by atoms with Gasteiger partial charge >= 0.3 is 0 Å². The van der Waals surface area contributed by atoms with E-state index in [0.717, 1.165) is 36.3 Å². The van der Waals surface area contributed by atoms with Crippen molar-refractivity contribution in [3.05, 3.63) is 35.1 Å². The maximum Gasteiger partial charge on any atom is 0.139 e. The van der Waals surface area contributed by atoms with Crippen molar-refractivity contribution in [1.29, 1.82) is 0 Å². The monoisotopic (exact) mass is 367 g/mol. The Morgan fingerprint density at radius 1 is 1.55 bits per heavy atom. The minimum Gasteiger partial charge on any atom is -0.369 e. The Balaban J connectivity index is 1.65. The van der Waals surface area contributed by atoms with Crippen LogP contribution in [0.3, 0.4) is 0 Å². The van der Waals surface area contributed by atoms with E-state index in [9.17, 15) is 0 Å². The zero-order valence-corrected chi connectivity index (χ0v) is 14.5. The van der Waals surface area contributed by atoms with Gasteiger partial charge in [-0.3, -0.25) is 4.68 Å². The molecule has 0 aliphatic carbocycles. The number of hydrogen-bond acceptors (Lipinski definition) is 4. The molecule has 0 amide bonds. The molecule has 1 fully saturated rings. The van der Waals surface area contributed by atoms with Gasteiger partial charge in [0.15, 0.2) is 0 Å². The fourth-order valence-electron chi connectivity index (χ4n) is 2.99. The van der Waals surface area contributed by atoms with Crippen LogP contribution in [-0.4, -0.2) is 38.0 Å². The molecule has 120 valence electrons.